The van der Waals surface area contributed by atoms with E-state index in [-0.39, 0.29) is 22.5 Å². The summed E-state index contributed by atoms with van der Waals surface area (Å²) in [5.74, 6) is -3.93. The van der Waals surface area contributed by atoms with Gasteiger partial charge < -0.3 is 4.74 Å². The van der Waals surface area contributed by atoms with Crippen molar-refractivity contribution in [1.29, 1.82) is 0 Å². The van der Waals surface area contributed by atoms with Crippen LogP contribution < -0.4 is 0 Å². The summed E-state index contributed by atoms with van der Waals surface area (Å²) in [6, 6.07) is 2.50. The summed E-state index contributed by atoms with van der Waals surface area (Å²) < 4.78 is 63.9. The zero-order chi connectivity index (χ0) is 18.0. The molecule has 1 atom stereocenters. The van der Waals surface area contributed by atoms with Gasteiger partial charge in [0, 0.05) is 22.1 Å². The van der Waals surface area contributed by atoms with Gasteiger partial charge in [-0.05, 0) is 31.9 Å². The summed E-state index contributed by atoms with van der Waals surface area (Å²) in [6.45, 7) is 1.79. The molecular formula is C19H20F4OS. The number of hydrogen-bond acceptors (Lipinski definition) is 2. The Morgan fingerprint density at radius 3 is 2.56 bits per heavy atom. The lowest BCUT2D eigenvalue weighted by molar-refractivity contribution is 0.138. The third-order valence-electron chi connectivity index (χ3n) is 4.60. The normalized spacial score (nSPS) is 24.2. The van der Waals surface area contributed by atoms with Gasteiger partial charge in [-0.2, -0.15) is 0 Å². The Morgan fingerprint density at radius 1 is 1.16 bits per heavy atom. The quantitative estimate of drug-likeness (QED) is 0.558. The van der Waals surface area contributed by atoms with Gasteiger partial charge in [-0.1, -0.05) is 25.0 Å². The van der Waals surface area contributed by atoms with E-state index in [9.17, 15) is 13.2 Å². The van der Waals surface area contributed by atoms with Crippen molar-refractivity contribution in [1.82, 2.24) is 0 Å². The Bertz CT molecular complexity index is 710. The maximum Gasteiger partial charge on any atom is 0.197 e. The van der Waals surface area contributed by atoms with Crippen molar-refractivity contribution in [3.63, 3.8) is 0 Å². The molecule has 0 aromatic heterocycles. The van der Waals surface area contributed by atoms with Gasteiger partial charge >= 0.3 is 0 Å². The highest BCUT2D eigenvalue weighted by molar-refractivity contribution is 8.00. The van der Waals surface area contributed by atoms with Gasteiger partial charge in [0.25, 0.3) is 0 Å². The van der Waals surface area contributed by atoms with Crippen LogP contribution >= 0.6 is 11.8 Å². The molecule has 2 aliphatic carbocycles. The van der Waals surface area contributed by atoms with E-state index in [1.54, 1.807) is 6.92 Å². The molecule has 0 heterocycles. The first-order valence-corrected chi connectivity index (χ1v) is 9.39. The number of rotatable bonds is 5. The van der Waals surface area contributed by atoms with Crippen molar-refractivity contribution in [2.45, 2.75) is 54.8 Å². The van der Waals surface area contributed by atoms with E-state index in [0.717, 1.165) is 31.7 Å². The van der Waals surface area contributed by atoms with Crippen LogP contribution in [-0.4, -0.2) is 11.9 Å². The molecule has 0 saturated heterocycles. The van der Waals surface area contributed by atoms with E-state index in [4.69, 9.17) is 4.74 Å². The van der Waals surface area contributed by atoms with E-state index >= 15 is 4.39 Å². The van der Waals surface area contributed by atoms with Gasteiger partial charge in [-0.25, -0.2) is 17.6 Å². The fraction of sp³-hybridized carbons (Fsp3) is 0.474. The largest absolute Gasteiger partial charge is 0.491 e. The summed E-state index contributed by atoms with van der Waals surface area (Å²) in [7, 11) is 0. The lowest BCUT2D eigenvalue weighted by Gasteiger charge is -2.27. The summed E-state index contributed by atoms with van der Waals surface area (Å²) in [5.41, 5.74) is -3.37. The molecule has 0 radical (unpaired) electrons. The monoisotopic (exact) mass is 372 g/mol. The molecule has 136 valence electrons. The highest BCUT2D eigenvalue weighted by Gasteiger charge is 2.44. The molecule has 2 aliphatic rings. The van der Waals surface area contributed by atoms with E-state index in [1.807, 2.05) is 0 Å². The van der Waals surface area contributed by atoms with Gasteiger partial charge in [0.1, 0.15) is 0 Å². The maximum absolute atomic E-state index is 15.3. The number of alkyl halides is 1. The molecule has 25 heavy (non-hydrogen) atoms. The van der Waals surface area contributed by atoms with Crippen LogP contribution in [0.25, 0.3) is 0 Å². The Labute approximate surface area is 149 Å². The van der Waals surface area contributed by atoms with Crippen molar-refractivity contribution in [3.8, 4) is 0 Å². The van der Waals surface area contributed by atoms with E-state index in [1.165, 1.54) is 30.0 Å². The SMILES string of the molecule is CCOC1=C(F)C(F)(c2ccc(SC3CCCC3)c(F)c2F)CC=C1. The lowest BCUT2D eigenvalue weighted by atomic mass is 9.87. The average Bonchev–Trinajstić information content (AvgIpc) is 3.09. The number of benzene rings is 1. The summed E-state index contributed by atoms with van der Waals surface area (Å²) in [5, 5.41) is 0.248. The van der Waals surface area contributed by atoms with Gasteiger partial charge in [-0.3, -0.25) is 0 Å². The van der Waals surface area contributed by atoms with Crippen molar-refractivity contribution >= 4 is 11.8 Å². The third kappa shape index (κ3) is 3.46. The minimum absolute atomic E-state index is 0.150. The molecule has 0 spiro atoms. The number of halogens is 4. The summed E-state index contributed by atoms with van der Waals surface area (Å²) >= 11 is 1.27. The van der Waals surface area contributed by atoms with E-state index in [2.05, 4.69) is 0 Å². The minimum atomic E-state index is -2.75. The molecule has 1 aromatic rings. The molecule has 1 fully saturated rings. The Morgan fingerprint density at radius 2 is 1.88 bits per heavy atom. The molecule has 0 bridgehead atoms. The first-order valence-electron chi connectivity index (χ1n) is 8.51. The first-order chi connectivity index (χ1) is 12.0. The second-order valence-electron chi connectivity index (χ2n) is 6.28. The van der Waals surface area contributed by atoms with Crippen LogP contribution in [0.3, 0.4) is 0 Å². The van der Waals surface area contributed by atoms with Crippen LogP contribution in [-0.2, 0) is 10.4 Å². The maximum atomic E-state index is 15.3. The molecule has 1 unspecified atom stereocenters. The van der Waals surface area contributed by atoms with E-state index < -0.39 is 35.1 Å². The van der Waals surface area contributed by atoms with Crippen molar-refractivity contribution in [2.75, 3.05) is 6.61 Å². The van der Waals surface area contributed by atoms with Crippen LogP contribution in [0.15, 0.2) is 40.8 Å². The second-order valence-corrected chi connectivity index (χ2v) is 7.62. The molecule has 1 aromatic carbocycles. The first kappa shape index (κ1) is 18.4. The fourth-order valence-electron chi connectivity index (χ4n) is 3.30. The van der Waals surface area contributed by atoms with Crippen LogP contribution in [0, 0.1) is 11.6 Å². The molecule has 0 aliphatic heterocycles. The highest BCUT2D eigenvalue weighted by Crippen LogP contribution is 2.46. The second kappa shape index (κ2) is 7.44. The Hall–Kier alpha value is -1.43. The predicted octanol–water partition coefficient (Wildman–Crippen LogP) is 6.34. The molecule has 1 saturated carbocycles. The molecule has 0 amide bonds. The van der Waals surface area contributed by atoms with Crippen molar-refractivity contribution in [2.24, 2.45) is 0 Å². The summed E-state index contributed by atoms with van der Waals surface area (Å²) in [6.07, 6.45) is 6.36. The van der Waals surface area contributed by atoms with Crippen LogP contribution in [0.5, 0.6) is 0 Å². The Balaban J connectivity index is 1.94. The van der Waals surface area contributed by atoms with E-state index in [0.29, 0.717) is 0 Å². The fourth-order valence-corrected chi connectivity index (χ4v) is 4.56. The van der Waals surface area contributed by atoms with Crippen LogP contribution in [0.2, 0.25) is 0 Å². The topological polar surface area (TPSA) is 9.23 Å². The predicted molar refractivity (Wildman–Crippen MR) is 90.8 cm³/mol. The number of thioether (sulfide) groups is 1. The summed E-state index contributed by atoms with van der Waals surface area (Å²) in [4.78, 5) is 0.150. The number of allylic oxidation sites excluding steroid dienone is 3. The van der Waals surface area contributed by atoms with Gasteiger partial charge in [0.15, 0.2) is 28.9 Å². The van der Waals surface area contributed by atoms with Crippen LogP contribution in [0.1, 0.15) is 44.6 Å². The van der Waals surface area contributed by atoms with Crippen molar-refractivity contribution in [3.05, 3.63) is 53.1 Å². The Kier molecular flexibility index (Phi) is 5.46. The molecule has 0 N–H and O–H groups in total. The lowest BCUT2D eigenvalue weighted by Crippen LogP contribution is -2.26. The smallest absolute Gasteiger partial charge is 0.197 e. The van der Waals surface area contributed by atoms with Gasteiger partial charge in [0.2, 0.25) is 0 Å². The van der Waals surface area contributed by atoms with Gasteiger partial charge in [0.05, 0.1) is 6.61 Å². The zero-order valence-corrected chi connectivity index (χ0v) is 14.8. The van der Waals surface area contributed by atoms with Crippen molar-refractivity contribution < 1.29 is 22.3 Å². The molecule has 6 heteroatoms. The number of hydrogen-bond donors (Lipinski definition) is 0. The highest BCUT2D eigenvalue weighted by atomic mass is 32.2. The standard InChI is InChI=1S/C19H20F4OS/c1-2-24-14-8-5-11-19(23,18(14)22)13-9-10-15(17(21)16(13)20)25-12-6-3-4-7-12/h5,8-10,12H,2-4,6-7,11H2,1H3. The van der Waals surface area contributed by atoms with Crippen LogP contribution in [0.4, 0.5) is 17.6 Å². The molecule has 1 nitrogen and oxygen atoms in total. The minimum Gasteiger partial charge on any atom is -0.491 e. The molecule has 3 rings (SSSR count). The van der Waals surface area contributed by atoms with Gasteiger partial charge in [-0.15, -0.1) is 11.8 Å². The zero-order valence-electron chi connectivity index (χ0n) is 14.0. The third-order valence-corrected chi connectivity index (χ3v) is 5.98. The number of ether oxygens (including phenoxy) is 1. The average molecular weight is 372 g/mol. The molecular weight excluding hydrogens is 352 g/mol.